The monoisotopic (exact) mass is 271 g/mol. The second kappa shape index (κ2) is 7.82. The Morgan fingerprint density at radius 2 is 2.00 bits per heavy atom. The number of benzene rings is 1. The summed E-state index contributed by atoms with van der Waals surface area (Å²) in [4.78, 5) is 11.6. The third-order valence-electron chi connectivity index (χ3n) is 2.45. The Bertz CT molecular complexity index is 396. The van der Waals surface area contributed by atoms with E-state index in [1.165, 1.54) is 0 Å². The van der Waals surface area contributed by atoms with Crippen molar-refractivity contribution in [3.05, 3.63) is 23.8 Å². The standard InChI is InChI=1S/C13H18ClNO3/c1-17-11-5-4-10(8-12(11)18-2)9-13(16)15-7-3-6-14/h4-5,8H,3,6-7,9H2,1-2H3,(H,15,16). The van der Waals surface area contributed by atoms with E-state index >= 15 is 0 Å². The van der Waals surface area contributed by atoms with Gasteiger partial charge in [-0.15, -0.1) is 11.6 Å². The molecule has 18 heavy (non-hydrogen) atoms. The number of ether oxygens (including phenoxy) is 2. The van der Waals surface area contributed by atoms with Crippen molar-refractivity contribution in [1.82, 2.24) is 5.32 Å². The summed E-state index contributed by atoms with van der Waals surface area (Å²) < 4.78 is 10.3. The average molecular weight is 272 g/mol. The molecular weight excluding hydrogens is 254 g/mol. The van der Waals surface area contributed by atoms with E-state index in [1.807, 2.05) is 6.07 Å². The summed E-state index contributed by atoms with van der Waals surface area (Å²) in [6, 6.07) is 5.45. The molecule has 0 spiro atoms. The fraction of sp³-hybridized carbons (Fsp3) is 0.462. The van der Waals surface area contributed by atoms with Crippen LogP contribution in [0.15, 0.2) is 18.2 Å². The zero-order valence-corrected chi connectivity index (χ0v) is 11.4. The fourth-order valence-corrected chi connectivity index (χ4v) is 1.67. The van der Waals surface area contributed by atoms with E-state index in [2.05, 4.69) is 5.32 Å². The van der Waals surface area contributed by atoms with Crippen LogP contribution < -0.4 is 14.8 Å². The lowest BCUT2D eigenvalue weighted by molar-refractivity contribution is -0.120. The second-order valence-electron chi connectivity index (χ2n) is 3.76. The van der Waals surface area contributed by atoms with Crippen LogP contribution in [0.3, 0.4) is 0 Å². The molecule has 0 saturated heterocycles. The van der Waals surface area contributed by atoms with Gasteiger partial charge >= 0.3 is 0 Å². The molecular formula is C13H18ClNO3. The van der Waals surface area contributed by atoms with E-state index in [4.69, 9.17) is 21.1 Å². The molecule has 0 bridgehead atoms. The highest BCUT2D eigenvalue weighted by Gasteiger charge is 2.07. The maximum absolute atomic E-state index is 11.6. The summed E-state index contributed by atoms with van der Waals surface area (Å²) >= 11 is 5.54. The summed E-state index contributed by atoms with van der Waals surface area (Å²) in [5.41, 5.74) is 0.885. The van der Waals surface area contributed by atoms with Gasteiger partial charge in [0.05, 0.1) is 20.6 Å². The molecule has 0 unspecified atom stereocenters. The third-order valence-corrected chi connectivity index (χ3v) is 2.71. The largest absolute Gasteiger partial charge is 0.493 e. The topological polar surface area (TPSA) is 47.6 Å². The van der Waals surface area contributed by atoms with Crippen LogP contribution in [0.25, 0.3) is 0 Å². The molecule has 0 saturated carbocycles. The molecule has 0 aromatic heterocycles. The van der Waals surface area contributed by atoms with Crippen molar-refractivity contribution in [2.24, 2.45) is 0 Å². The summed E-state index contributed by atoms with van der Waals surface area (Å²) in [5, 5.41) is 2.80. The van der Waals surface area contributed by atoms with E-state index in [1.54, 1.807) is 26.4 Å². The van der Waals surface area contributed by atoms with E-state index in [0.717, 1.165) is 12.0 Å². The molecule has 0 fully saturated rings. The van der Waals surface area contributed by atoms with Crippen LogP contribution in [0.1, 0.15) is 12.0 Å². The zero-order chi connectivity index (χ0) is 13.4. The van der Waals surface area contributed by atoms with Crippen LogP contribution in [-0.4, -0.2) is 32.6 Å². The quantitative estimate of drug-likeness (QED) is 0.609. The van der Waals surface area contributed by atoms with E-state index in [-0.39, 0.29) is 5.91 Å². The minimum absolute atomic E-state index is 0.0210. The maximum Gasteiger partial charge on any atom is 0.224 e. The van der Waals surface area contributed by atoms with Crippen LogP contribution >= 0.6 is 11.6 Å². The number of nitrogens with one attached hydrogen (secondary N) is 1. The summed E-state index contributed by atoms with van der Waals surface area (Å²) in [6.07, 6.45) is 1.10. The van der Waals surface area contributed by atoms with Gasteiger partial charge in [0.15, 0.2) is 11.5 Å². The van der Waals surface area contributed by atoms with Gasteiger partial charge in [-0.1, -0.05) is 6.07 Å². The summed E-state index contributed by atoms with van der Waals surface area (Å²) in [5.74, 6) is 1.82. The average Bonchev–Trinajstić information content (AvgIpc) is 2.39. The van der Waals surface area contributed by atoms with Crippen LogP contribution in [0, 0.1) is 0 Å². The van der Waals surface area contributed by atoms with Gasteiger partial charge in [0, 0.05) is 12.4 Å². The number of halogens is 1. The molecule has 0 aliphatic carbocycles. The Hall–Kier alpha value is -1.42. The molecule has 0 aliphatic rings. The molecule has 5 heteroatoms. The lowest BCUT2D eigenvalue weighted by Gasteiger charge is -2.09. The van der Waals surface area contributed by atoms with Gasteiger partial charge in [0.1, 0.15) is 0 Å². The Labute approximate surface area is 112 Å². The van der Waals surface area contributed by atoms with E-state index < -0.39 is 0 Å². The zero-order valence-electron chi connectivity index (χ0n) is 10.7. The van der Waals surface area contributed by atoms with Crippen molar-refractivity contribution >= 4 is 17.5 Å². The Morgan fingerprint density at radius 1 is 1.28 bits per heavy atom. The van der Waals surface area contributed by atoms with Crippen molar-refractivity contribution in [1.29, 1.82) is 0 Å². The minimum Gasteiger partial charge on any atom is -0.493 e. The maximum atomic E-state index is 11.6. The molecule has 4 nitrogen and oxygen atoms in total. The Balaban J connectivity index is 2.59. The number of hydrogen-bond donors (Lipinski definition) is 1. The first-order chi connectivity index (χ1) is 8.71. The highest BCUT2D eigenvalue weighted by molar-refractivity contribution is 6.17. The van der Waals surface area contributed by atoms with Crippen LogP contribution in [-0.2, 0) is 11.2 Å². The van der Waals surface area contributed by atoms with Gasteiger partial charge in [0.2, 0.25) is 5.91 Å². The molecule has 1 rings (SSSR count). The van der Waals surface area contributed by atoms with Crippen molar-refractivity contribution < 1.29 is 14.3 Å². The minimum atomic E-state index is -0.0210. The number of alkyl halides is 1. The van der Waals surface area contributed by atoms with Crippen LogP contribution in [0.5, 0.6) is 11.5 Å². The molecule has 1 aromatic carbocycles. The molecule has 1 amide bonds. The van der Waals surface area contributed by atoms with Gasteiger partial charge in [-0.3, -0.25) is 4.79 Å². The number of carbonyl (C=O) groups is 1. The SMILES string of the molecule is COc1ccc(CC(=O)NCCCCl)cc1OC. The molecule has 0 atom stereocenters. The van der Waals surface area contributed by atoms with Gasteiger partial charge < -0.3 is 14.8 Å². The number of hydrogen-bond acceptors (Lipinski definition) is 3. The van der Waals surface area contributed by atoms with Crippen molar-refractivity contribution in [2.45, 2.75) is 12.8 Å². The normalized spacial score (nSPS) is 9.94. The molecule has 100 valence electrons. The van der Waals surface area contributed by atoms with Crippen molar-refractivity contribution in [3.8, 4) is 11.5 Å². The number of rotatable bonds is 7. The lowest BCUT2D eigenvalue weighted by Crippen LogP contribution is -2.26. The smallest absolute Gasteiger partial charge is 0.224 e. The third kappa shape index (κ3) is 4.45. The molecule has 1 aromatic rings. The van der Waals surface area contributed by atoms with Crippen LogP contribution in [0.4, 0.5) is 0 Å². The highest BCUT2D eigenvalue weighted by atomic mass is 35.5. The van der Waals surface area contributed by atoms with Gasteiger partial charge in [-0.2, -0.15) is 0 Å². The van der Waals surface area contributed by atoms with E-state index in [0.29, 0.717) is 30.3 Å². The first-order valence-electron chi connectivity index (χ1n) is 5.74. The van der Waals surface area contributed by atoms with Crippen molar-refractivity contribution in [3.63, 3.8) is 0 Å². The predicted molar refractivity (Wildman–Crippen MR) is 71.6 cm³/mol. The number of methoxy groups -OCH3 is 2. The lowest BCUT2D eigenvalue weighted by atomic mass is 10.1. The summed E-state index contributed by atoms with van der Waals surface area (Å²) in [6.45, 7) is 0.607. The van der Waals surface area contributed by atoms with Gasteiger partial charge in [-0.25, -0.2) is 0 Å². The van der Waals surface area contributed by atoms with Gasteiger partial charge in [-0.05, 0) is 24.1 Å². The Morgan fingerprint density at radius 3 is 2.61 bits per heavy atom. The van der Waals surface area contributed by atoms with Gasteiger partial charge in [0.25, 0.3) is 0 Å². The predicted octanol–water partition coefficient (Wildman–Crippen LogP) is 1.99. The van der Waals surface area contributed by atoms with Crippen molar-refractivity contribution in [2.75, 3.05) is 26.6 Å². The number of carbonyl (C=O) groups excluding carboxylic acids is 1. The molecule has 0 aliphatic heterocycles. The highest BCUT2D eigenvalue weighted by Crippen LogP contribution is 2.27. The van der Waals surface area contributed by atoms with Crippen LogP contribution in [0.2, 0.25) is 0 Å². The fourth-order valence-electron chi connectivity index (χ4n) is 1.53. The summed E-state index contributed by atoms with van der Waals surface area (Å²) in [7, 11) is 3.15. The first kappa shape index (κ1) is 14.6. The molecule has 1 N–H and O–H groups in total. The Kier molecular flexibility index (Phi) is 6.36. The second-order valence-corrected chi connectivity index (χ2v) is 4.14. The first-order valence-corrected chi connectivity index (χ1v) is 6.28. The molecule has 0 radical (unpaired) electrons. The molecule has 0 heterocycles. The number of amides is 1. The van der Waals surface area contributed by atoms with E-state index in [9.17, 15) is 4.79 Å².